The third kappa shape index (κ3) is 3.05. The molecule has 21 heavy (non-hydrogen) atoms. The largest absolute Gasteiger partial charge is 0.381 e. The minimum absolute atomic E-state index is 0.622. The number of anilines is 1. The lowest BCUT2D eigenvalue weighted by Gasteiger charge is -2.48. The van der Waals surface area contributed by atoms with Crippen LogP contribution in [-0.2, 0) is 11.2 Å². The van der Waals surface area contributed by atoms with E-state index in [1.165, 1.54) is 5.56 Å². The van der Waals surface area contributed by atoms with E-state index in [1.807, 2.05) is 12.4 Å². The topological polar surface area (TPSA) is 38.2 Å². The van der Waals surface area contributed by atoms with Gasteiger partial charge in [-0.3, -0.25) is 0 Å². The number of fused-ring (bicyclic) bond motifs is 2. The van der Waals surface area contributed by atoms with Crippen molar-refractivity contribution >= 4 is 5.95 Å². The third-order valence-corrected chi connectivity index (χ3v) is 4.95. The highest BCUT2D eigenvalue weighted by molar-refractivity contribution is 5.32. The van der Waals surface area contributed by atoms with Gasteiger partial charge in [-0.1, -0.05) is 27.2 Å². The molecule has 116 valence electrons. The van der Waals surface area contributed by atoms with Crippen LogP contribution in [0.4, 0.5) is 5.95 Å². The molecule has 0 amide bonds. The van der Waals surface area contributed by atoms with E-state index < -0.39 is 0 Å². The number of nitrogens with zero attached hydrogens (tertiary/aromatic N) is 3. The fourth-order valence-electron chi connectivity index (χ4n) is 4.15. The van der Waals surface area contributed by atoms with Gasteiger partial charge in [0.1, 0.15) is 0 Å². The standard InChI is InChI=1S/C17H27N3O/c1-4-5-13-6-18-17(19-7-13)20-8-14-10-21-11-15(9-20)16(14)12(2)3/h6-7,12,14-16H,4-5,8-11H2,1-3H3. The Labute approximate surface area is 127 Å². The highest BCUT2D eigenvalue weighted by Gasteiger charge is 2.42. The highest BCUT2D eigenvalue weighted by atomic mass is 16.5. The molecule has 2 atom stereocenters. The number of piperidine rings is 1. The smallest absolute Gasteiger partial charge is 0.225 e. The maximum absolute atomic E-state index is 5.78. The van der Waals surface area contributed by atoms with Crippen LogP contribution >= 0.6 is 0 Å². The molecule has 0 spiro atoms. The summed E-state index contributed by atoms with van der Waals surface area (Å²) in [6.45, 7) is 10.7. The van der Waals surface area contributed by atoms with E-state index in [0.717, 1.165) is 56.9 Å². The molecule has 2 fully saturated rings. The fourth-order valence-corrected chi connectivity index (χ4v) is 4.15. The van der Waals surface area contributed by atoms with Gasteiger partial charge in [0.15, 0.2) is 0 Å². The second kappa shape index (κ2) is 6.30. The molecule has 3 heterocycles. The van der Waals surface area contributed by atoms with Crippen LogP contribution in [0.2, 0.25) is 0 Å². The van der Waals surface area contributed by atoms with Gasteiger partial charge in [0, 0.05) is 37.3 Å². The van der Waals surface area contributed by atoms with Gasteiger partial charge in [-0.15, -0.1) is 0 Å². The molecule has 0 N–H and O–H groups in total. The van der Waals surface area contributed by atoms with Crippen molar-refractivity contribution in [3.63, 3.8) is 0 Å². The van der Waals surface area contributed by atoms with Crippen molar-refractivity contribution in [3.8, 4) is 0 Å². The summed E-state index contributed by atoms with van der Waals surface area (Å²) in [5, 5.41) is 0. The van der Waals surface area contributed by atoms with E-state index in [4.69, 9.17) is 4.74 Å². The predicted octanol–water partition coefficient (Wildman–Crippen LogP) is 2.78. The van der Waals surface area contributed by atoms with E-state index in [-0.39, 0.29) is 0 Å². The Morgan fingerprint density at radius 3 is 2.33 bits per heavy atom. The predicted molar refractivity (Wildman–Crippen MR) is 84.4 cm³/mol. The molecule has 4 heteroatoms. The molecule has 1 aromatic heterocycles. The lowest BCUT2D eigenvalue weighted by Crippen LogP contribution is -2.54. The summed E-state index contributed by atoms with van der Waals surface area (Å²) < 4.78 is 5.78. The average molecular weight is 289 g/mol. The summed E-state index contributed by atoms with van der Waals surface area (Å²) >= 11 is 0. The van der Waals surface area contributed by atoms with Crippen LogP contribution in [0.3, 0.4) is 0 Å². The molecule has 1 aromatic rings. The molecule has 0 aromatic carbocycles. The summed E-state index contributed by atoms with van der Waals surface area (Å²) in [6, 6.07) is 0. The van der Waals surface area contributed by atoms with Gasteiger partial charge in [0.25, 0.3) is 0 Å². The van der Waals surface area contributed by atoms with E-state index in [9.17, 15) is 0 Å². The second-order valence-electron chi connectivity index (χ2n) is 6.93. The van der Waals surface area contributed by atoms with E-state index in [0.29, 0.717) is 11.8 Å². The molecule has 2 bridgehead atoms. The van der Waals surface area contributed by atoms with Crippen molar-refractivity contribution in [3.05, 3.63) is 18.0 Å². The maximum Gasteiger partial charge on any atom is 0.225 e. The number of hydrogen-bond donors (Lipinski definition) is 0. The number of rotatable bonds is 4. The molecule has 2 unspecified atom stereocenters. The first kappa shape index (κ1) is 14.8. The maximum atomic E-state index is 5.78. The number of ether oxygens (including phenoxy) is 1. The second-order valence-corrected chi connectivity index (χ2v) is 6.93. The molecule has 2 saturated heterocycles. The van der Waals surface area contributed by atoms with Crippen molar-refractivity contribution in [2.45, 2.75) is 33.6 Å². The van der Waals surface area contributed by atoms with Crippen LogP contribution in [-0.4, -0.2) is 36.3 Å². The molecule has 2 aliphatic rings. The minimum atomic E-state index is 0.622. The first-order valence-electron chi connectivity index (χ1n) is 8.32. The number of hydrogen-bond acceptors (Lipinski definition) is 4. The Balaban J connectivity index is 1.73. The van der Waals surface area contributed by atoms with Crippen molar-refractivity contribution in [1.29, 1.82) is 0 Å². The molecule has 3 rings (SSSR count). The molecule has 2 aliphatic heterocycles. The molecule has 0 aliphatic carbocycles. The highest BCUT2D eigenvalue weighted by Crippen LogP contribution is 2.38. The molecule has 0 radical (unpaired) electrons. The van der Waals surface area contributed by atoms with E-state index >= 15 is 0 Å². The number of aromatic nitrogens is 2. The Hall–Kier alpha value is -1.16. The SMILES string of the molecule is CCCc1cnc(N2CC3COCC(C2)C3C(C)C)nc1. The van der Waals surface area contributed by atoms with Gasteiger partial charge in [0.2, 0.25) is 5.95 Å². The van der Waals surface area contributed by atoms with Crippen molar-refractivity contribution < 1.29 is 4.74 Å². The zero-order chi connectivity index (χ0) is 14.8. The van der Waals surface area contributed by atoms with Crippen molar-refractivity contribution in [2.24, 2.45) is 23.7 Å². The first-order valence-corrected chi connectivity index (χ1v) is 8.32. The van der Waals surface area contributed by atoms with Gasteiger partial charge in [-0.05, 0) is 23.8 Å². The monoisotopic (exact) mass is 289 g/mol. The van der Waals surface area contributed by atoms with Gasteiger partial charge in [-0.2, -0.15) is 0 Å². The zero-order valence-corrected chi connectivity index (χ0v) is 13.5. The average Bonchev–Trinajstić information content (AvgIpc) is 2.47. The Bertz CT molecular complexity index is 446. The van der Waals surface area contributed by atoms with E-state index in [1.54, 1.807) is 0 Å². The normalized spacial score (nSPS) is 29.0. The van der Waals surface area contributed by atoms with Crippen LogP contribution in [0.25, 0.3) is 0 Å². The summed E-state index contributed by atoms with van der Waals surface area (Å²) in [7, 11) is 0. The van der Waals surface area contributed by atoms with Crippen LogP contribution < -0.4 is 4.90 Å². The van der Waals surface area contributed by atoms with Crippen LogP contribution in [0, 0.1) is 23.7 Å². The molecule has 0 saturated carbocycles. The summed E-state index contributed by atoms with van der Waals surface area (Å²) in [6.07, 6.45) is 6.19. The number of aryl methyl sites for hydroxylation is 1. The summed E-state index contributed by atoms with van der Waals surface area (Å²) in [5.41, 5.74) is 1.24. The van der Waals surface area contributed by atoms with Gasteiger partial charge in [0.05, 0.1) is 13.2 Å². The lowest BCUT2D eigenvalue weighted by molar-refractivity contribution is -0.0548. The Morgan fingerprint density at radius 1 is 1.19 bits per heavy atom. The van der Waals surface area contributed by atoms with Gasteiger partial charge >= 0.3 is 0 Å². The van der Waals surface area contributed by atoms with E-state index in [2.05, 4.69) is 35.6 Å². The first-order chi connectivity index (χ1) is 10.2. The fraction of sp³-hybridized carbons (Fsp3) is 0.765. The third-order valence-electron chi connectivity index (χ3n) is 4.95. The molecule has 4 nitrogen and oxygen atoms in total. The molecular weight excluding hydrogens is 262 g/mol. The van der Waals surface area contributed by atoms with Crippen molar-refractivity contribution in [2.75, 3.05) is 31.2 Å². The van der Waals surface area contributed by atoms with Gasteiger partial charge in [-0.25, -0.2) is 9.97 Å². The van der Waals surface area contributed by atoms with Gasteiger partial charge < -0.3 is 9.64 Å². The zero-order valence-electron chi connectivity index (χ0n) is 13.5. The lowest BCUT2D eigenvalue weighted by atomic mass is 9.71. The molecular formula is C17H27N3O. The van der Waals surface area contributed by atoms with Crippen LogP contribution in [0.1, 0.15) is 32.8 Å². The van der Waals surface area contributed by atoms with Crippen molar-refractivity contribution in [1.82, 2.24) is 9.97 Å². The summed E-state index contributed by atoms with van der Waals surface area (Å²) in [4.78, 5) is 11.6. The quantitative estimate of drug-likeness (QED) is 0.854. The minimum Gasteiger partial charge on any atom is -0.381 e. The van der Waals surface area contributed by atoms with Crippen LogP contribution in [0.15, 0.2) is 12.4 Å². The van der Waals surface area contributed by atoms with Crippen LogP contribution in [0.5, 0.6) is 0 Å². The summed E-state index contributed by atoms with van der Waals surface area (Å²) in [5.74, 6) is 3.66. The Morgan fingerprint density at radius 2 is 1.81 bits per heavy atom. The Kier molecular flexibility index (Phi) is 4.43.